The van der Waals surface area contributed by atoms with E-state index in [0.29, 0.717) is 23.3 Å². The third kappa shape index (κ3) is 4.35. The topological polar surface area (TPSA) is 81.2 Å². The Hall–Kier alpha value is -3.45. The van der Waals surface area contributed by atoms with Gasteiger partial charge in [0.2, 0.25) is 0 Å². The van der Waals surface area contributed by atoms with Crippen molar-refractivity contribution in [3.05, 3.63) is 84.7 Å². The summed E-state index contributed by atoms with van der Waals surface area (Å²) in [6, 6.07) is 22.2. The fourth-order valence-electron chi connectivity index (χ4n) is 2.94. The number of ether oxygens (including phenoxy) is 1. The molecule has 146 valence electrons. The molecule has 7 heteroatoms. The number of benzene rings is 3. The van der Waals surface area contributed by atoms with Gasteiger partial charge in [-0.2, -0.15) is 0 Å². The van der Waals surface area contributed by atoms with Crippen LogP contribution in [0.2, 0.25) is 0 Å². The first-order valence-corrected chi connectivity index (χ1v) is 10.9. The largest absolute Gasteiger partial charge is 0.489 e. The standard InChI is InChI=1S/C22H19N3O3S/c1-29(26,27)18-11-12-21-19(13-18)22(24-15-23-21)25-20-10-6-5-7-16(20)14-28-17-8-3-2-4-9-17/h2-13,15H,14H2,1H3,(H,23,24,25). The second-order valence-electron chi connectivity index (χ2n) is 6.56. The molecule has 0 aliphatic heterocycles. The minimum Gasteiger partial charge on any atom is -0.489 e. The van der Waals surface area contributed by atoms with Crippen molar-refractivity contribution >= 4 is 32.2 Å². The number of nitrogens with one attached hydrogen (secondary N) is 1. The van der Waals surface area contributed by atoms with Crippen molar-refractivity contribution in [1.29, 1.82) is 0 Å². The second-order valence-corrected chi connectivity index (χ2v) is 8.57. The first kappa shape index (κ1) is 18.9. The van der Waals surface area contributed by atoms with Crippen LogP contribution in [0.5, 0.6) is 5.75 Å². The van der Waals surface area contributed by atoms with E-state index in [9.17, 15) is 8.42 Å². The number of fused-ring (bicyclic) bond motifs is 1. The van der Waals surface area contributed by atoms with Gasteiger partial charge in [0, 0.05) is 22.9 Å². The average molecular weight is 405 g/mol. The molecular weight excluding hydrogens is 386 g/mol. The molecule has 1 N–H and O–H groups in total. The molecule has 1 aromatic heterocycles. The maximum absolute atomic E-state index is 11.9. The Labute approximate surface area is 169 Å². The molecule has 4 aromatic rings. The van der Waals surface area contributed by atoms with Gasteiger partial charge in [0.15, 0.2) is 9.84 Å². The molecule has 29 heavy (non-hydrogen) atoms. The number of hydrogen-bond acceptors (Lipinski definition) is 6. The highest BCUT2D eigenvalue weighted by molar-refractivity contribution is 7.90. The molecule has 3 aromatic carbocycles. The van der Waals surface area contributed by atoms with Gasteiger partial charge in [-0.15, -0.1) is 0 Å². The van der Waals surface area contributed by atoms with Crippen molar-refractivity contribution in [1.82, 2.24) is 9.97 Å². The minimum atomic E-state index is -3.33. The summed E-state index contributed by atoms with van der Waals surface area (Å²) in [6.07, 6.45) is 2.63. The zero-order chi connectivity index (χ0) is 20.3. The van der Waals surface area contributed by atoms with E-state index in [1.54, 1.807) is 18.2 Å². The van der Waals surface area contributed by atoms with E-state index in [1.165, 1.54) is 12.6 Å². The predicted molar refractivity (Wildman–Crippen MR) is 113 cm³/mol. The normalized spacial score (nSPS) is 11.3. The molecule has 0 amide bonds. The van der Waals surface area contributed by atoms with Gasteiger partial charge < -0.3 is 10.1 Å². The van der Waals surface area contributed by atoms with Crippen molar-refractivity contribution in [3.8, 4) is 5.75 Å². The highest BCUT2D eigenvalue weighted by Crippen LogP contribution is 2.27. The van der Waals surface area contributed by atoms with Gasteiger partial charge in [-0.3, -0.25) is 0 Å². The molecule has 0 saturated carbocycles. The molecule has 0 atom stereocenters. The maximum Gasteiger partial charge on any atom is 0.175 e. The summed E-state index contributed by atoms with van der Waals surface area (Å²) in [5.41, 5.74) is 2.43. The Bertz CT molecular complexity index is 1260. The monoisotopic (exact) mass is 405 g/mol. The first-order valence-electron chi connectivity index (χ1n) is 8.98. The van der Waals surface area contributed by atoms with Crippen LogP contribution in [0.3, 0.4) is 0 Å². The van der Waals surface area contributed by atoms with E-state index >= 15 is 0 Å². The molecule has 1 heterocycles. The summed E-state index contributed by atoms with van der Waals surface area (Å²) in [7, 11) is -3.33. The fourth-order valence-corrected chi connectivity index (χ4v) is 3.59. The molecule has 0 fully saturated rings. The molecule has 0 saturated heterocycles. The highest BCUT2D eigenvalue weighted by atomic mass is 32.2. The lowest BCUT2D eigenvalue weighted by Crippen LogP contribution is -2.03. The van der Waals surface area contributed by atoms with Crippen LogP contribution >= 0.6 is 0 Å². The van der Waals surface area contributed by atoms with E-state index in [1.807, 2.05) is 54.6 Å². The number of aromatic nitrogens is 2. The van der Waals surface area contributed by atoms with Gasteiger partial charge in [-0.1, -0.05) is 36.4 Å². The quantitative estimate of drug-likeness (QED) is 0.513. The van der Waals surface area contributed by atoms with Gasteiger partial charge in [0.1, 0.15) is 24.5 Å². The van der Waals surface area contributed by atoms with Crippen molar-refractivity contribution in [3.63, 3.8) is 0 Å². The Morgan fingerprint density at radius 1 is 0.931 bits per heavy atom. The molecular formula is C22H19N3O3S. The van der Waals surface area contributed by atoms with E-state index in [-0.39, 0.29) is 4.90 Å². The van der Waals surface area contributed by atoms with Crippen molar-refractivity contribution < 1.29 is 13.2 Å². The molecule has 0 unspecified atom stereocenters. The lowest BCUT2D eigenvalue weighted by Gasteiger charge is -2.14. The van der Waals surface area contributed by atoms with Crippen LogP contribution in [0.1, 0.15) is 5.56 Å². The second kappa shape index (κ2) is 7.89. The van der Waals surface area contributed by atoms with Crippen molar-refractivity contribution in [2.24, 2.45) is 0 Å². The van der Waals surface area contributed by atoms with Gasteiger partial charge in [-0.25, -0.2) is 18.4 Å². The van der Waals surface area contributed by atoms with E-state index < -0.39 is 9.84 Å². The van der Waals surface area contributed by atoms with Crippen LogP contribution in [0, 0.1) is 0 Å². The van der Waals surface area contributed by atoms with Crippen LogP contribution in [0.25, 0.3) is 10.9 Å². The summed E-state index contributed by atoms with van der Waals surface area (Å²) in [5.74, 6) is 1.32. The molecule has 4 rings (SSSR count). The lowest BCUT2D eigenvalue weighted by molar-refractivity contribution is 0.307. The fraction of sp³-hybridized carbons (Fsp3) is 0.0909. The van der Waals surface area contributed by atoms with Crippen LogP contribution < -0.4 is 10.1 Å². The summed E-state index contributed by atoms with van der Waals surface area (Å²) in [5, 5.41) is 3.94. The van der Waals surface area contributed by atoms with Crippen molar-refractivity contribution in [2.45, 2.75) is 11.5 Å². The molecule has 0 aliphatic carbocycles. The van der Waals surface area contributed by atoms with Gasteiger partial charge in [0.25, 0.3) is 0 Å². The molecule has 0 radical (unpaired) electrons. The third-order valence-corrected chi connectivity index (χ3v) is 5.55. The third-order valence-electron chi connectivity index (χ3n) is 4.44. The summed E-state index contributed by atoms with van der Waals surface area (Å²) < 4.78 is 29.8. The Kier molecular flexibility index (Phi) is 5.14. The first-order chi connectivity index (χ1) is 14.0. The van der Waals surface area contributed by atoms with E-state index in [0.717, 1.165) is 17.0 Å². The molecule has 0 spiro atoms. The lowest BCUT2D eigenvalue weighted by atomic mass is 10.1. The van der Waals surface area contributed by atoms with E-state index in [4.69, 9.17) is 4.74 Å². The van der Waals surface area contributed by atoms with Crippen LogP contribution in [-0.2, 0) is 16.4 Å². The predicted octanol–water partition coefficient (Wildman–Crippen LogP) is 4.36. The zero-order valence-corrected chi connectivity index (χ0v) is 16.6. The summed E-state index contributed by atoms with van der Waals surface area (Å²) >= 11 is 0. The summed E-state index contributed by atoms with van der Waals surface area (Å²) in [4.78, 5) is 8.79. The molecule has 0 bridgehead atoms. The van der Waals surface area contributed by atoms with Gasteiger partial charge >= 0.3 is 0 Å². The van der Waals surface area contributed by atoms with Gasteiger partial charge in [0.05, 0.1) is 10.4 Å². The number of para-hydroxylation sites is 2. The number of rotatable bonds is 6. The Morgan fingerprint density at radius 2 is 1.69 bits per heavy atom. The van der Waals surface area contributed by atoms with Crippen LogP contribution in [0.15, 0.2) is 84.0 Å². The highest BCUT2D eigenvalue weighted by Gasteiger charge is 2.12. The Morgan fingerprint density at radius 3 is 2.48 bits per heavy atom. The number of hydrogen-bond donors (Lipinski definition) is 1. The zero-order valence-electron chi connectivity index (χ0n) is 15.7. The smallest absolute Gasteiger partial charge is 0.175 e. The van der Waals surface area contributed by atoms with E-state index in [2.05, 4.69) is 15.3 Å². The summed E-state index contributed by atoms with van der Waals surface area (Å²) in [6.45, 7) is 0.380. The molecule has 0 aliphatic rings. The number of nitrogens with zero attached hydrogens (tertiary/aromatic N) is 2. The van der Waals surface area contributed by atoms with Gasteiger partial charge in [-0.05, 0) is 36.4 Å². The van der Waals surface area contributed by atoms with Crippen LogP contribution in [-0.4, -0.2) is 24.6 Å². The maximum atomic E-state index is 11.9. The molecule has 6 nitrogen and oxygen atoms in total. The number of anilines is 2. The SMILES string of the molecule is CS(=O)(=O)c1ccc2ncnc(Nc3ccccc3COc3ccccc3)c2c1. The Balaban J connectivity index is 1.67. The number of sulfone groups is 1. The average Bonchev–Trinajstić information content (AvgIpc) is 2.73. The minimum absolute atomic E-state index is 0.226. The van der Waals surface area contributed by atoms with Crippen LogP contribution in [0.4, 0.5) is 11.5 Å². The van der Waals surface area contributed by atoms with Crippen molar-refractivity contribution in [2.75, 3.05) is 11.6 Å².